The van der Waals surface area contributed by atoms with Crippen LogP contribution in [0.4, 0.5) is 0 Å². The Morgan fingerprint density at radius 3 is 2.75 bits per heavy atom. The molecule has 1 aromatic carbocycles. The predicted molar refractivity (Wildman–Crippen MR) is 76.9 cm³/mol. The van der Waals surface area contributed by atoms with E-state index in [4.69, 9.17) is 5.11 Å². The molecule has 1 saturated carbocycles. The van der Waals surface area contributed by atoms with Gasteiger partial charge in [0.15, 0.2) is 0 Å². The molecule has 0 aliphatic heterocycles. The van der Waals surface area contributed by atoms with Crippen molar-refractivity contribution in [3.8, 4) is 0 Å². The first kappa shape index (κ1) is 14.3. The van der Waals surface area contributed by atoms with E-state index in [-0.39, 0.29) is 11.8 Å². The number of nitrogens with zero attached hydrogens (tertiary/aromatic N) is 1. The number of benzene rings is 1. The lowest BCUT2D eigenvalue weighted by molar-refractivity contribution is -0.137. The van der Waals surface area contributed by atoms with Gasteiger partial charge in [0.05, 0.1) is 0 Å². The van der Waals surface area contributed by atoms with Gasteiger partial charge in [-0.2, -0.15) is 0 Å². The standard InChI is InChI=1S/C16H19NO3/c1-17(16(20)14-6-3-7-14)11-13-5-2-4-12(10-13)8-9-15(18)19/h2,4-5,8-10,14H,3,6-7,11H2,1H3,(H,18,19). The fourth-order valence-corrected chi connectivity index (χ4v) is 2.28. The smallest absolute Gasteiger partial charge is 0.328 e. The summed E-state index contributed by atoms with van der Waals surface area (Å²) in [5, 5.41) is 8.62. The van der Waals surface area contributed by atoms with E-state index in [1.807, 2.05) is 31.3 Å². The molecule has 2 rings (SSSR count). The van der Waals surface area contributed by atoms with Crippen LogP contribution >= 0.6 is 0 Å². The molecule has 106 valence electrons. The number of aliphatic carboxylic acids is 1. The Bertz CT molecular complexity index is 532. The third kappa shape index (κ3) is 3.70. The van der Waals surface area contributed by atoms with Crippen molar-refractivity contribution in [2.45, 2.75) is 25.8 Å². The molecule has 1 aromatic rings. The second kappa shape index (κ2) is 6.37. The van der Waals surface area contributed by atoms with Crippen molar-refractivity contribution in [2.24, 2.45) is 5.92 Å². The minimum atomic E-state index is -0.965. The van der Waals surface area contributed by atoms with E-state index in [1.165, 1.54) is 0 Å². The minimum Gasteiger partial charge on any atom is -0.478 e. The summed E-state index contributed by atoms with van der Waals surface area (Å²) in [4.78, 5) is 24.3. The maximum atomic E-state index is 12.1. The SMILES string of the molecule is CN(Cc1cccc(C=CC(=O)O)c1)C(=O)C1CCC1. The second-order valence-electron chi connectivity index (χ2n) is 5.24. The first-order valence-electron chi connectivity index (χ1n) is 6.81. The van der Waals surface area contributed by atoms with Crippen molar-refractivity contribution in [3.05, 3.63) is 41.5 Å². The molecule has 0 bridgehead atoms. The van der Waals surface area contributed by atoms with Gasteiger partial charge < -0.3 is 10.0 Å². The number of carboxylic acid groups (broad SMARTS) is 1. The highest BCUT2D eigenvalue weighted by molar-refractivity contribution is 5.85. The van der Waals surface area contributed by atoms with Crippen molar-refractivity contribution in [1.29, 1.82) is 0 Å². The van der Waals surface area contributed by atoms with Crippen molar-refractivity contribution in [2.75, 3.05) is 7.05 Å². The summed E-state index contributed by atoms with van der Waals surface area (Å²) >= 11 is 0. The zero-order valence-electron chi connectivity index (χ0n) is 11.6. The van der Waals surface area contributed by atoms with Crippen molar-refractivity contribution >= 4 is 18.0 Å². The van der Waals surface area contributed by atoms with Gasteiger partial charge in [-0.25, -0.2) is 4.79 Å². The number of amides is 1. The molecular formula is C16H19NO3. The first-order valence-corrected chi connectivity index (χ1v) is 6.81. The van der Waals surface area contributed by atoms with Crippen LogP contribution in [0.2, 0.25) is 0 Å². The highest BCUT2D eigenvalue weighted by Gasteiger charge is 2.27. The van der Waals surface area contributed by atoms with E-state index in [0.717, 1.165) is 36.5 Å². The maximum absolute atomic E-state index is 12.1. The van der Waals surface area contributed by atoms with Crippen LogP contribution in [0.3, 0.4) is 0 Å². The molecule has 1 N–H and O–H groups in total. The van der Waals surface area contributed by atoms with Gasteiger partial charge in [0.1, 0.15) is 0 Å². The summed E-state index contributed by atoms with van der Waals surface area (Å²) in [6.07, 6.45) is 5.83. The molecular weight excluding hydrogens is 254 g/mol. The summed E-state index contributed by atoms with van der Waals surface area (Å²) in [7, 11) is 1.82. The molecule has 1 aliphatic carbocycles. The molecule has 0 unspecified atom stereocenters. The predicted octanol–water partition coefficient (Wildman–Crippen LogP) is 2.54. The number of carboxylic acids is 1. The summed E-state index contributed by atoms with van der Waals surface area (Å²) in [6, 6.07) is 7.57. The Kier molecular flexibility index (Phi) is 4.56. The monoisotopic (exact) mass is 273 g/mol. The van der Waals surface area contributed by atoms with Crippen LogP contribution in [0.1, 0.15) is 30.4 Å². The van der Waals surface area contributed by atoms with Crippen molar-refractivity contribution in [3.63, 3.8) is 0 Å². The molecule has 4 heteroatoms. The molecule has 4 nitrogen and oxygen atoms in total. The van der Waals surface area contributed by atoms with Crippen LogP contribution in [0.25, 0.3) is 6.08 Å². The molecule has 1 aliphatic rings. The van der Waals surface area contributed by atoms with E-state index in [9.17, 15) is 9.59 Å². The van der Waals surface area contributed by atoms with Crippen molar-refractivity contribution in [1.82, 2.24) is 4.90 Å². The average Bonchev–Trinajstić information content (AvgIpc) is 2.34. The second-order valence-corrected chi connectivity index (χ2v) is 5.24. The van der Waals surface area contributed by atoms with Gasteiger partial charge in [0, 0.05) is 25.6 Å². The normalized spacial score (nSPS) is 15.1. The number of carbonyl (C=O) groups is 2. The Labute approximate surface area is 118 Å². The van der Waals surface area contributed by atoms with Crippen LogP contribution in [-0.2, 0) is 16.1 Å². The van der Waals surface area contributed by atoms with E-state index >= 15 is 0 Å². The number of hydrogen-bond acceptors (Lipinski definition) is 2. The summed E-state index contributed by atoms with van der Waals surface area (Å²) in [5.41, 5.74) is 1.84. The lowest BCUT2D eigenvalue weighted by Crippen LogP contribution is -2.35. The van der Waals surface area contributed by atoms with Gasteiger partial charge in [-0.1, -0.05) is 24.6 Å². The number of hydrogen-bond donors (Lipinski definition) is 1. The Balaban J connectivity index is 1.99. The van der Waals surface area contributed by atoms with Gasteiger partial charge in [0.2, 0.25) is 5.91 Å². The minimum absolute atomic E-state index is 0.204. The molecule has 20 heavy (non-hydrogen) atoms. The van der Waals surface area contributed by atoms with E-state index in [1.54, 1.807) is 11.0 Å². The number of carbonyl (C=O) groups excluding carboxylic acids is 1. The largest absolute Gasteiger partial charge is 0.478 e. The zero-order valence-corrected chi connectivity index (χ0v) is 11.6. The fourth-order valence-electron chi connectivity index (χ4n) is 2.28. The molecule has 0 atom stereocenters. The summed E-state index contributed by atoms with van der Waals surface area (Å²) in [5.74, 6) is -0.550. The topological polar surface area (TPSA) is 57.6 Å². The molecule has 1 fully saturated rings. The average molecular weight is 273 g/mol. The quantitative estimate of drug-likeness (QED) is 0.839. The third-order valence-electron chi connectivity index (χ3n) is 3.62. The van der Waals surface area contributed by atoms with Crippen LogP contribution in [0.5, 0.6) is 0 Å². The summed E-state index contributed by atoms with van der Waals surface area (Å²) < 4.78 is 0. The van der Waals surface area contributed by atoms with E-state index in [0.29, 0.717) is 6.54 Å². The molecule has 0 radical (unpaired) electrons. The van der Waals surface area contributed by atoms with Crippen LogP contribution in [0, 0.1) is 5.92 Å². The lowest BCUT2D eigenvalue weighted by Gasteiger charge is -2.29. The molecule has 1 amide bonds. The Morgan fingerprint density at radius 1 is 1.40 bits per heavy atom. The highest BCUT2D eigenvalue weighted by Crippen LogP contribution is 2.28. The molecule has 0 heterocycles. The first-order chi connectivity index (χ1) is 9.56. The highest BCUT2D eigenvalue weighted by atomic mass is 16.4. The van der Waals surface area contributed by atoms with Gasteiger partial charge in [-0.15, -0.1) is 0 Å². The Hall–Kier alpha value is -2.10. The van der Waals surface area contributed by atoms with E-state index in [2.05, 4.69) is 0 Å². The molecule has 0 saturated heterocycles. The third-order valence-corrected chi connectivity index (χ3v) is 3.62. The molecule has 0 spiro atoms. The van der Waals surface area contributed by atoms with Gasteiger partial charge in [-0.05, 0) is 36.1 Å². The zero-order chi connectivity index (χ0) is 14.5. The van der Waals surface area contributed by atoms with Crippen LogP contribution in [0.15, 0.2) is 30.3 Å². The maximum Gasteiger partial charge on any atom is 0.328 e. The summed E-state index contributed by atoms with van der Waals surface area (Å²) in [6.45, 7) is 0.560. The Morgan fingerprint density at radius 2 is 2.15 bits per heavy atom. The van der Waals surface area contributed by atoms with Gasteiger partial charge in [0.25, 0.3) is 0 Å². The molecule has 0 aromatic heterocycles. The lowest BCUT2D eigenvalue weighted by atomic mass is 9.84. The number of rotatable bonds is 5. The van der Waals surface area contributed by atoms with Crippen LogP contribution < -0.4 is 0 Å². The van der Waals surface area contributed by atoms with Crippen molar-refractivity contribution < 1.29 is 14.7 Å². The van der Waals surface area contributed by atoms with Gasteiger partial charge in [-0.3, -0.25) is 4.79 Å². The van der Waals surface area contributed by atoms with E-state index < -0.39 is 5.97 Å². The van der Waals surface area contributed by atoms with Gasteiger partial charge >= 0.3 is 5.97 Å². The fraction of sp³-hybridized carbons (Fsp3) is 0.375. The van der Waals surface area contributed by atoms with Crippen LogP contribution in [-0.4, -0.2) is 28.9 Å².